The van der Waals surface area contributed by atoms with E-state index in [1.165, 1.54) is 12.5 Å². The Labute approximate surface area is 126 Å². The van der Waals surface area contributed by atoms with Crippen LogP contribution in [0.25, 0.3) is 22.3 Å². The predicted octanol–water partition coefficient (Wildman–Crippen LogP) is 2.73. The lowest BCUT2D eigenvalue weighted by Gasteiger charge is -2.22. The van der Waals surface area contributed by atoms with Gasteiger partial charge in [0.25, 0.3) is 0 Å². The number of nitrogens with zero attached hydrogens (tertiary/aromatic N) is 5. The smallest absolute Gasteiger partial charge is 0.222 e. The Kier molecular flexibility index (Phi) is 3.27. The van der Waals surface area contributed by atoms with E-state index >= 15 is 0 Å². The fraction of sp³-hybridized carbons (Fsp3) is 0.333. The van der Waals surface area contributed by atoms with Gasteiger partial charge in [0.15, 0.2) is 11.9 Å². The number of hydrogen-bond donors (Lipinski definition) is 0. The monoisotopic (exact) mass is 299 g/mol. The van der Waals surface area contributed by atoms with Gasteiger partial charge < -0.3 is 4.74 Å². The molecule has 6 nitrogen and oxygen atoms in total. The normalized spacial score (nSPS) is 18.7. The van der Waals surface area contributed by atoms with Gasteiger partial charge in [-0.3, -0.25) is 0 Å². The quantitative estimate of drug-likeness (QED) is 0.681. The highest BCUT2D eigenvalue weighted by Gasteiger charge is 2.21. The maximum absolute atomic E-state index is 13.9. The molecule has 0 aromatic carbocycles. The molecule has 7 heteroatoms. The van der Waals surface area contributed by atoms with Crippen LogP contribution in [0.4, 0.5) is 4.39 Å². The van der Waals surface area contributed by atoms with Gasteiger partial charge in [0.2, 0.25) is 5.95 Å². The van der Waals surface area contributed by atoms with Gasteiger partial charge in [-0.2, -0.15) is 9.49 Å². The largest absolute Gasteiger partial charge is 0.356 e. The Morgan fingerprint density at radius 2 is 2.18 bits per heavy atom. The third-order valence-electron chi connectivity index (χ3n) is 3.83. The molecule has 1 unspecified atom stereocenters. The summed E-state index contributed by atoms with van der Waals surface area (Å²) in [6, 6.07) is 3.33. The van der Waals surface area contributed by atoms with Crippen LogP contribution in [0.1, 0.15) is 25.5 Å². The topological polar surface area (TPSA) is 65.7 Å². The summed E-state index contributed by atoms with van der Waals surface area (Å²) in [7, 11) is 0. The maximum atomic E-state index is 13.9. The summed E-state index contributed by atoms with van der Waals surface area (Å²) >= 11 is 0. The van der Waals surface area contributed by atoms with E-state index in [2.05, 4.69) is 20.1 Å². The van der Waals surface area contributed by atoms with Crippen LogP contribution in [-0.2, 0) is 4.74 Å². The lowest BCUT2D eigenvalue weighted by atomic mass is 10.1. The van der Waals surface area contributed by atoms with Crippen molar-refractivity contribution in [1.82, 2.24) is 24.7 Å². The van der Waals surface area contributed by atoms with E-state index in [1.54, 1.807) is 23.0 Å². The van der Waals surface area contributed by atoms with E-state index in [-0.39, 0.29) is 6.23 Å². The van der Waals surface area contributed by atoms with Crippen molar-refractivity contribution in [3.8, 4) is 11.3 Å². The first-order chi connectivity index (χ1) is 10.8. The van der Waals surface area contributed by atoms with Gasteiger partial charge in [0, 0.05) is 12.8 Å². The van der Waals surface area contributed by atoms with Crippen molar-refractivity contribution in [2.24, 2.45) is 0 Å². The van der Waals surface area contributed by atoms with E-state index in [9.17, 15) is 4.39 Å². The van der Waals surface area contributed by atoms with Gasteiger partial charge in [0.1, 0.15) is 6.33 Å². The van der Waals surface area contributed by atoms with Crippen LogP contribution < -0.4 is 0 Å². The fourth-order valence-electron chi connectivity index (χ4n) is 2.77. The molecule has 0 spiro atoms. The first kappa shape index (κ1) is 13.3. The Bertz CT molecular complexity index is 813. The Morgan fingerprint density at radius 3 is 3.00 bits per heavy atom. The predicted molar refractivity (Wildman–Crippen MR) is 77.4 cm³/mol. The molecule has 4 heterocycles. The molecule has 0 amide bonds. The first-order valence-electron chi connectivity index (χ1n) is 7.25. The molecular weight excluding hydrogens is 285 g/mol. The standard InChI is InChI=1S/C15H14FN5O/c16-14-10(4-3-6-17-14)13-11-8-20-21(15(11)19-9-18-13)12-5-1-2-7-22-12/h3-4,6,8-9,12H,1-2,5,7H2. The molecule has 0 aliphatic carbocycles. The van der Waals surface area contributed by atoms with Crippen molar-refractivity contribution >= 4 is 11.0 Å². The summed E-state index contributed by atoms with van der Waals surface area (Å²) in [5, 5.41) is 5.08. The highest BCUT2D eigenvalue weighted by molar-refractivity contribution is 5.89. The van der Waals surface area contributed by atoms with Crippen molar-refractivity contribution < 1.29 is 9.13 Å². The highest BCUT2D eigenvalue weighted by Crippen LogP contribution is 2.30. The van der Waals surface area contributed by atoms with E-state index in [1.807, 2.05) is 0 Å². The van der Waals surface area contributed by atoms with E-state index in [4.69, 9.17) is 4.74 Å². The molecule has 3 aromatic rings. The van der Waals surface area contributed by atoms with Crippen molar-refractivity contribution in [2.45, 2.75) is 25.5 Å². The van der Waals surface area contributed by atoms with Crippen LogP contribution in [0.3, 0.4) is 0 Å². The Morgan fingerprint density at radius 1 is 1.23 bits per heavy atom. The molecular formula is C15H14FN5O. The van der Waals surface area contributed by atoms with Gasteiger partial charge in [-0.15, -0.1) is 0 Å². The SMILES string of the molecule is Fc1ncccc1-c1ncnc2c1cnn2C1CCCCO1. The minimum absolute atomic E-state index is 0.118. The molecule has 0 saturated carbocycles. The maximum Gasteiger partial charge on any atom is 0.222 e. The third-order valence-corrected chi connectivity index (χ3v) is 3.83. The molecule has 1 saturated heterocycles. The third kappa shape index (κ3) is 2.14. The summed E-state index contributed by atoms with van der Waals surface area (Å²) in [5.74, 6) is -0.552. The molecule has 4 rings (SSSR count). The van der Waals surface area contributed by atoms with Crippen LogP contribution in [0, 0.1) is 5.95 Å². The molecule has 1 aliphatic heterocycles. The van der Waals surface area contributed by atoms with Crippen LogP contribution in [0.15, 0.2) is 30.9 Å². The van der Waals surface area contributed by atoms with Crippen LogP contribution >= 0.6 is 0 Å². The fourth-order valence-corrected chi connectivity index (χ4v) is 2.77. The van der Waals surface area contributed by atoms with E-state index < -0.39 is 5.95 Å². The molecule has 1 aliphatic rings. The van der Waals surface area contributed by atoms with Crippen LogP contribution in [0.5, 0.6) is 0 Å². The minimum atomic E-state index is -0.552. The minimum Gasteiger partial charge on any atom is -0.356 e. The number of ether oxygens (including phenoxy) is 1. The highest BCUT2D eigenvalue weighted by atomic mass is 19.1. The second-order valence-electron chi connectivity index (χ2n) is 5.21. The lowest BCUT2D eigenvalue weighted by molar-refractivity contribution is -0.0370. The summed E-state index contributed by atoms with van der Waals surface area (Å²) in [5.41, 5.74) is 1.50. The van der Waals surface area contributed by atoms with Crippen LogP contribution in [0.2, 0.25) is 0 Å². The van der Waals surface area contributed by atoms with Gasteiger partial charge >= 0.3 is 0 Å². The Hall–Kier alpha value is -2.41. The number of aromatic nitrogens is 5. The summed E-state index contributed by atoms with van der Waals surface area (Å²) in [6.45, 7) is 0.723. The average molecular weight is 299 g/mol. The van der Waals surface area contributed by atoms with E-state index in [0.29, 0.717) is 22.3 Å². The van der Waals surface area contributed by atoms with Crippen molar-refractivity contribution in [1.29, 1.82) is 0 Å². The number of hydrogen-bond acceptors (Lipinski definition) is 5. The summed E-state index contributed by atoms with van der Waals surface area (Å²) in [4.78, 5) is 12.2. The van der Waals surface area contributed by atoms with Gasteiger partial charge in [-0.05, 0) is 31.4 Å². The summed E-state index contributed by atoms with van der Waals surface area (Å²) in [6.07, 6.45) is 7.44. The number of fused-ring (bicyclic) bond motifs is 1. The van der Waals surface area contributed by atoms with Gasteiger partial charge in [-0.25, -0.2) is 19.6 Å². The van der Waals surface area contributed by atoms with Gasteiger partial charge in [0.05, 0.1) is 22.8 Å². The second kappa shape index (κ2) is 5.42. The zero-order valence-electron chi connectivity index (χ0n) is 11.8. The zero-order valence-corrected chi connectivity index (χ0v) is 11.8. The molecule has 1 atom stereocenters. The molecule has 1 fully saturated rings. The molecule has 22 heavy (non-hydrogen) atoms. The molecule has 112 valence electrons. The van der Waals surface area contributed by atoms with Crippen molar-refractivity contribution in [2.75, 3.05) is 6.61 Å². The molecule has 0 radical (unpaired) electrons. The van der Waals surface area contributed by atoms with Gasteiger partial charge in [-0.1, -0.05) is 0 Å². The molecule has 0 bridgehead atoms. The number of halogens is 1. The Balaban J connectivity index is 1.85. The summed E-state index contributed by atoms with van der Waals surface area (Å²) < 4.78 is 21.5. The molecule has 3 aromatic heterocycles. The zero-order chi connectivity index (χ0) is 14.9. The van der Waals surface area contributed by atoms with E-state index in [0.717, 1.165) is 25.9 Å². The molecule has 0 N–H and O–H groups in total. The first-order valence-corrected chi connectivity index (χ1v) is 7.25. The van der Waals surface area contributed by atoms with Crippen LogP contribution in [-0.4, -0.2) is 31.3 Å². The lowest BCUT2D eigenvalue weighted by Crippen LogP contribution is -2.19. The van der Waals surface area contributed by atoms with Crippen molar-refractivity contribution in [3.63, 3.8) is 0 Å². The number of pyridine rings is 1. The van der Waals surface area contributed by atoms with Crippen molar-refractivity contribution in [3.05, 3.63) is 36.8 Å². The number of rotatable bonds is 2. The average Bonchev–Trinajstić information content (AvgIpc) is 3.00. The second-order valence-corrected chi connectivity index (χ2v) is 5.21.